The van der Waals surface area contributed by atoms with Gasteiger partial charge in [0.05, 0.1) is 11.0 Å². The number of H-pyrrole nitrogens is 1. The van der Waals surface area contributed by atoms with Crippen LogP contribution in [0, 0.1) is 13.8 Å². The van der Waals surface area contributed by atoms with E-state index in [9.17, 15) is 4.79 Å². The molecule has 0 aliphatic heterocycles. The quantitative estimate of drug-likeness (QED) is 0.468. The van der Waals surface area contributed by atoms with E-state index in [2.05, 4.69) is 50.9 Å². The van der Waals surface area contributed by atoms with E-state index in [1.165, 1.54) is 5.56 Å². The number of pyridine rings is 1. The van der Waals surface area contributed by atoms with E-state index in [0.29, 0.717) is 0 Å². The van der Waals surface area contributed by atoms with E-state index in [-0.39, 0.29) is 5.56 Å². The molecule has 0 amide bonds. The molecule has 2 aromatic heterocycles. The van der Waals surface area contributed by atoms with Crippen LogP contribution in [0.1, 0.15) is 17.0 Å². The molecule has 4 heteroatoms. The lowest BCUT2D eigenvalue weighted by Crippen LogP contribution is -2.07. The number of nitrogens with one attached hydrogen (secondary N) is 1. The highest BCUT2D eigenvalue weighted by atomic mass is 16.1. The van der Waals surface area contributed by atoms with Gasteiger partial charge in [-0.05, 0) is 60.2 Å². The molecule has 0 fully saturated rings. The first-order chi connectivity index (χ1) is 14.1. The van der Waals surface area contributed by atoms with Crippen molar-refractivity contribution in [1.29, 1.82) is 0 Å². The van der Waals surface area contributed by atoms with E-state index in [0.717, 1.165) is 51.0 Å². The third-order valence-electron chi connectivity index (χ3n) is 5.56. The number of hydrogen-bond acceptors (Lipinski definition) is 2. The Morgan fingerprint density at radius 3 is 2.52 bits per heavy atom. The Morgan fingerprint density at radius 2 is 1.69 bits per heavy atom. The number of hydrogen-bond donors (Lipinski definition) is 1. The van der Waals surface area contributed by atoms with Crippen molar-refractivity contribution < 1.29 is 0 Å². The number of benzene rings is 3. The van der Waals surface area contributed by atoms with Crippen LogP contribution < -0.4 is 5.56 Å². The Balaban J connectivity index is 1.51. The zero-order valence-corrected chi connectivity index (χ0v) is 16.4. The first-order valence-corrected chi connectivity index (χ1v) is 9.74. The predicted molar refractivity (Wildman–Crippen MR) is 118 cm³/mol. The molecule has 0 unspecified atom stereocenters. The van der Waals surface area contributed by atoms with Gasteiger partial charge in [0.15, 0.2) is 0 Å². The summed E-state index contributed by atoms with van der Waals surface area (Å²) in [4.78, 5) is 20.2. The average Bonchev–Trinajstić information content (AvgIpc) is 3.04. The SMILES string of the molecule is Cc1cccc2c(=O)[nH]c(-c3ccc(Cn4c(C)nc5ccccc54)cc3)cc12. The molecule has 2 heterocycles. The van der Waals surface area contributed by atoms with Crippen molar-refractivity contribution in [2.45, 2.75) is 20.4 Å². The first-order valence-electron chi connectivity index (χ1n) is 9.74. The maximum Gasteiger partial charge on any atom is 0.256 e. The highest BCUT2D eigenvalue weighted by molar-refractivity contribution is 5.87. The highest BCUT2D eigenvalue weighted by Crippen LogP contribution is 2.23. The fourth-order valence-electron chi connectivity index (χ4n) is 3.96. The number of aryl methyl sites for hydroxylation is 2. The molecule has 0 aliphatic rings. The molecule has 0 radical (unpaired) electrons. The van der Waals surface area contributed by atoms with E-state index >= 15 is 0 Å². The van der Waals surface area contributed by atoms with Gasteiger partial charge in [-0.1, -0.05) is 48.5 Å². The molecular weight excluding hydrogens is 358 g/mol. The van der Waals surface area contributed by atoms with Crippen molar-refractivity contribution in [3.05, 3.63) is 100 Å². The molecule has 0 saturated carbocycles. The summed E-state index contributed by atoms with van der Waals surface area (Å²) < 4.78 is 2.23. The monoisotopic (exact) mass is 379 g/mol. The van der Waals surface area contributed by atoms with Gasteiger partial charge in [-0.3, -0.25) is 4.79 Å². The molecule has 5 aromatic rings. The van der Waals surface area contributed by atoms with Gasteiger partial charge in [0, 0.05) is 17.6 Å². The van der Waals surface area contributed by atoms with Crippen molar-refractivity contribution in [2.24, 2.45) is 0 Å². The lowest BCUT2D eigenvalue weighted by Gasteiger charge is -2.09. The largest absolute Gasteiger partial charge is 0.324 e. The number of rotatable bonds is 3. The van der Waals surface area contributed by atoms with Gasteiger partial charge in [0.2, 0.25) is 0 Å². The van der Waals surface area contributed by atoms with E-state index in [1.54, 1.807) is 0 Å². The molecule has 5 rings (SSSR count). The first kappa shape index (κ1) is 17.4. The Bertz CT molecular complexity index is 1410. The Labute approximate surface area is 168 Å². The van der Waals surface area contributed by atoms with Gasteiger partial charge < -0.3 is 9.55 Å². The summed E-state index contributed by atoms with van der Waals surface area (Å²) in [6.45, 7) is 4.84. The molecule has 0 saturated heterocycles. The van der Waals surface area contributed by atoms with Crippen LogP contribution in [0.5, 0.6) is 0 Å². The van der Waals surface area contributed by atoms with Crippen LogP contribution in [0.3, 0.4) is 0 Å². The molecular formula is C25H21N3O. The topological polar surface area (TPSA) is 50.7 Å². The summed E-state index contributed by atoms with van der Waals surface area (Å²) in [5.74, 6) is 1.00. The molecule has 4 nitrogen and oxygen atoms in total. The van der Waals surface area contributed by atoms with Gasteiger partial charge in [0.1, 0.15) is 5.82 Å². The summed E-state index contributed by atoms with van der Waals surface area (Å²) in [5, 5.41) is 1.73. The minimum absolute atomic E-state index is 0.0502. The normalized spacial score (nSPS) is 11.4. The van der Waals surface area contributed by atoms with Crippen LogP contribution in [0.2, 0.25) is 0 Å². The molecule has 0 bridgehead atoms. The van der Waals surface area contributed by atoms with Crippen molar-refractivity contribution in [3.8, 4) is 11.3 Å². The number of nitrogens with zero attached hydrogens (tertiary/aromatic N) is 2. The van der Waals surface area contributed by atoms with Crippen LogP contribution in [-0.4, -0.2) is 14.5 Å². The number of para-hydroxylation sites is 2. The number of aromatic nitrogens is 3. The van der Waals surface area contributed by atoms with E-state index in [4.69, 9.17) is 0 Å². The fraction of sp³-hybridized carbons (Fsp3) is 0.120. The Hall–Kier alpha value is -3.66. The second kappa shape index (κ2) is 6.74. The minimum atomic E-state index is -0.0502. The zero-order valence-electron chi connectivity index (χ0n) is 16.4. The van der Waals surface area contributed by atoms with Crippen LogP contribution >= 0.6 is 0 Å². The van der Waals surface area contributed by atoms with Crippen molar-refractivity contribution in [2.75, 3.05) is 0 Å². The van der Waals surface area contributed by atoms with Crippen LogP contribution in [0.4, 0.5) is 0 Å². The van der Waals surface area contributed by atoms with Gasteiger partial charge in [0.25, 0.3) is 5.56 Å². The van der Waals surface area contributed by atoms with Gasteiger partial charge in [-0.15, -0.1) is 0 Å². The number of imidazole rings is 1. The van der Waals surface area contributed by atoms with Crippen molar-refractivity contribution in [1.82, 2.24) is 14.5 Å². The molecule has 0 spiro atoms. The van der Waals surface area contributed by atoms with Crippen LogP contribution in [-0.2, 0) is 6.54 Å². The maximum absolute atomic E-state index is 12.5. The highest BCUT2D eigenvalue weighted by Gasteiger charge is 2.09. The molecule has 142 valence electrons. The average molecular weight is 379 g/mol. The number of fused-ring (bicyclic) bond motifs is 2. The summed E-state index contributed by atoms with van der Waals surface area (Å²) in [5.41, 5.74) is 6.25. The van der Waals surface area contributed by atoms with Gasteiger partial charge in [-0.2, -0.15) is 0 Å². The van der Waals surface area contributed by atoms with Crippen LogP contribution in [0.15, 0.2) is 77.6 Å². The van der Waals surface area contributed by atoms with Crippen LogP contribution in [0.25, 0.3) is 33.1 Å². The molecule has 3 aromatic carbocycles. The lowest BCUT2D eigenvalue weighted by molar-refractivity contribution is 0.786. The predicted octanol–water partition coefficient (Wildman–Crippen LogP) is 5.21. The van der Waals surface area contributed by atoms with E-state index in [1.807, 2.05) is 50.2 Å². The summed E-state index contributed by atoms with van der Waals surface area (Å²) in [6.07, 6.45) is 0. The molecule has 0 atom stereocenters. The standard InChI is InChI=1S/C25H21N3O/c1-16-6-5-7-20-21(16)14-23(27-25(20)29)19-12-10-18(11-13-19)15-28-17(2)26-22-8-3-4-9-24(22)28/h3-14H,15H2,1-2H3,(H,27,29). The third-order valence-corrected chi connectivity index (χ3v) is 5.56. The van der Waals surface area contributed by atoms with Crippen molar-refractivity contribution >= 4 is 21.8 Å². The second-order valence-corrected chi connectivity index (χ2v) is 7.48. The van der Waals surface area contributed by atoms with E-state index < -0.39 is 0 Å². The lowest BCUT2D eigenvalue weighted by atomic mass is 10.0. The Kier molecular flexibility index (Phi) is 4.06. The molecule has 1 N–H and O–H groups in total. The number of aromatic amines is 1. The molecule has 29 heavy (non-hydrogen) atoms. The minimum Gasteiger partial charge on any atom is -0.324 e. The summed E-state index contributed by atoms with van der Waals surface area (Å²) in [6, 6.07) is 24.5. The summed E-state index contributed by atoms with van der Waals surface area (Å²) >= 11 is 0. The fourth-order valence-corrected chi connectivity index (χ4v) is 3.96. The van der Waals surface area contributed by atoms with Gasteiger partial charge in [-0.25, -0.2) is 4.98 Å². The second-order valence-electron chi connectivity index (χ2n) is 7.48. The maximum atomic E-state index is 12.5. The third kappa shape index (κ3) is 3.03. The zero-order chi connectivity index (χ0) is 20.0. The van der Waals surface area contributed by atoms with Gasteiger partial charge >= 0.3 is 0 Å². The Morgan fingerprint density at radius 1 is 0.897 bits per heavy atom. The summed E-state index contributed by atoms with van der Waals surface area (Å²) in [7, 11) is 0. The molecule has 0 aliphatic carbocycles. The smallest absolute Gasteiger partial charge is 0.256 e. The van der Waals surface area contributed by atoms with Crippen molar-refractivity contribution in [3.63, 3.8) is 0 Å².